The largest absolute Gasteiger partial charge is 0.497 e. The highest BCUT2D eigenvalue weighted by atomic mass is 16.5. The molecule has 1 N–H and O–H groups in total. The van der Waals surface area contributed by atoms with Crippen LogP contribution in [0.5, 0.6) is 11.5 Å². The van der Waals surface area contributed by atoms with Gasteiger partial charge < -0.3 is 19.2 Å². The molecule has 0 aliphatic rings. The lowest BCUT2D eigenvalue weighted by Crippen LogP contribution is -2.10. The number of aryl methyl sites for hydroxylation is 1. The van der Waals surface area contributed by atoms with Gasteiger partial charge in [-0.15, -0.1) is 0 Å². The molecule has 2 aromatic rings. The maximum absolute atomic E-state index is 5.77. The molecule has 0 unspecified atom stereocenters. The Labute approximate surface area is 119 Å². The predicted molar refractivity (Wildman–Crippen MR) is 78.2 cm³/mol. The average Bonchev–Trinajstić information content (AvgIpc) is 2.83. The molecule has 0 aliphatic heterocycles. The van der Waals surface area contributed by atoms with Crippen molar-refractivity contribution in [3.8, 4) is 11.5 Å². The van der Waals surface area contributed by atoms with Crippen LogP contribution in [0.15, 0.2) is 34.7 Å². The zero-order valence-electron chi connectivity index (χ0n) is 12.2. The molecule has 1 heterocycles. The zero-order chi connectivity index (χ0) is 14.4. The monoisotopic (exact) mass is 275 g/mol. The summed E-state index contributed by atoms with van der Waals surface area (Å²) in [7, 11) is 1.65. The number of rotatable bonds is 7. The van der Waals surface area contributed by atoms with Gasteiger partial charge in [-0.05, 0) is 31.7 Å². The fraction of sp³-hybridized carbons (Fsp3) is 0.375. The van der Waals surface area contributed by atoms with Crippen LogP contribution in [-0.4, -0.2) is 13.7 Å². The molecule has 0 aliphatic carbocycles. The van der Waals surface area contributed by atoms with Crippen molar-refractivity contribution in [2.45, 2.75) is 27.0 Å². The van der Waals surface area contributed by atoms with Crippen molar-refractivity contribution in [3.05, 3.63) is 47.4 Å². The highest BCUT2D eigenvalue weighted by Gasteiger charge is 2.08. The molecule has 1 aromatic heterocycles. The number of ether oxygens (including phenoxy) is 2. The van der Waals surface area contributed by atoms with E-state index in [2.05, 4.69) is 12.2 Å². The van der Waals surface area contributed by atoms with Crippen molar-refractivity contribution >= 4 is 0 Å². The molecule has 0 spiro atoms. The molecule has 4 nitrogen and oxygen atoms in total. The standard InChI is InChI=1S/C16H21NO3/c1-4-17-10-16-8-13(12(2)20-16)11-19-15-7-5-6-14(9-15)18-3/h5-9,17H,4,10-11H2,1-3H3. The molecule has 0 fully saturated rings. The second-order valence-corrected chi connectivity index (χ2v) is 4.54. The van der Waals surface area contributed by atoms with Crippen LogP contribution in [0.2, 0.25) is 0 Å². The Kier molecular flexibility index (Phi) is 5.07. The smallest absolute Gasteiger partial charge is 0.123 e. The molecule has 0 bridgehead atoms. The van der Waals surface area contributed by atoms with Gasteiger partial charge >= 0.3 is 0 Å². The highest BCUT2D eigenvalue weighted by molar-refractivity contribution is 5.33. The van der Waals surface area contributed by atoms with Crippen LogP contribution in [0.3, 0.4) is 0 Å². The fourth-order valence-electron chi connectivity index (χ4n) is 1.92. The molecule has 0 saturated heterocycles. The van der Waals surface area contributed by atoms with Gasteiger partial charge in [0.05, 0.1) is 13.7 Å². The Morgan fingerprint density at radius 2 is 2.00 bits per heavy atom. The first-order chi connectivity index (χ1) is 9.72. The second-order valence-electron chi connectivity index (χ2n) is 4.54. The van der Waals surface area contributed by atoms with Gasteiger partial charge in [0.15, 0.2) is 0 Å². The number of nitrogens with one attached hydrogen (secondary N) is 1. The number of methoxy groups -OCH3 is 1. The lowest BCUT2D eigenvalue weighted by atomic mass is 10.2. The third-order valence-electron chi connectivity index (χ3n) is 3.06. The van der Waals surface area contributed by atoms with Gasteiger partial charge in [0, 0.05) is 11.6 Å². The number of benzene rings is 1. The molecular formula is C16H21NO3. The van der Waals surface area contributed by atoms with Crippen LogP contribution >= 0.6 is 0 Å². The van der Waals surface area contributed by atoms with Crippen LogP contribution in [0.4, 0.5) is 0 Å². The normalized spacial score (nSPS) is 10.6. The maximum atomic E-state index is 5.77. The summed E-state index contributed by atoms with van der Waals surface area (Å²) < 4.78 is 16.6. The summed E-state index contributed by atoms with van der Waals surface area (Å²) in [5.74, 6) is 3.42. The van der Waals surface area contributed by atoms with Crippen molar-refractivity contribution in [3.63, 3.8) is 0 Å². The second kappa shape index (κ2) is 7.01. The summed E-state index contributed by atoms with van der Waals surface area (Å²) >= 11 is 0. The SMILES string of the molecule is CCNCc1cc(COc2cccc(OC)c2)c(C)o1. The van der Waals surface area contributed by atoms with E-state index in [9.17, 15) is 0 Å². The molecule has 2 rings (SSSR count). The van der Waals surface area contributed by atoms with Crippen molar-refractivity contribution in [1.82, 2.24) is 5.32 Å². The van der Waals surface area contributed by atoms with Gasteiger partial charge in [0.1, 0.15) is 29.6 Å². The van der Waals surface area contributed by atoms with E-state index >= 15 is 0 Å². The first kappa shape index (κ1) is 14.5. The van der Waals surface area contributed by atoms with Gasteiger partial charge in [-0.3, -0.25) is 0 Å². The quantitative estimate of drug-likeness (QED) is 0.842. The Bertz CT molecular complexity index is 548. The minimum atomic E-state index is 0.495. The molecule has 1 aromatic carbocycles. The molecular weight excluding hydrogens is 254 g/mol. The van der Waals surface area contributed by atoms with Crippen LogP contribution < -0.4 is 14.8 Å². The molecule has 108 valence electrons. The summed E-state index contributed by atoms with van der Waals surface area (Å²) in [6.07, 6.45) is 0. The van der Waals surface area contributed by atoms with Crippen molar-refractivity contribution in [2.75, 3.05) is 13.7 Å². The Morgan fingerprint density at radius 1 is 1.20 bits per heavy atom. The summed E-state index contributed by atoms with van der Waals surface area (Å²) in [4.78, 5) is 0. The van der Waals surface area contributed by atoms with E-state index < -0.39 is 0 Å². The summed E-state index contributed by atoms with van der Waals surface area (Å²) in [5, 5.41) is 3.24. The van der Waals surface area contributed by atoms with Gasteiger partial charge in [0.2, 0.25) is 0 Å². The summed E-state index contributed by atoms with van der Waals surface area (Å²) in [5.41, 5.74) is 1.07. The highest BCUT2D eigenvalue weighted by Crippen LogP contribution is 2.21. The number of hydrogen-bond donors (Lipinski definition) is 1. The van der Waals surface area contributed by atoms with E-state index in [-0.39, 0.29) is 0 Å². The molecule has 0 saturated carbocycles. The van der Waals surface area contributed by atoms with Crippen molar-refractivity contribution in [2.24, 2.45) is 0 Å². The van der Waals surface area contributed by atoms with Gasteiger partial charge in [-0.25, -0.2) is 0 Å². The zero-order valence-corrected chi connectivity index (χ0v) is 12.2. The lowest BCUT2D eigenvalue weighted by Gasteiger charge is -2.06. The fourth-order valence-corrected chi connectivity index (χ4v) is 1.92. The van der Waals surface area contributed by atoms with E-state index in [1.165, 1.54) is 0 Å². The van der Waals surface area contributed by atoms with Gasteiger partial charge in [-0.2, -0.15) is 0 Å². The molecule has 20 heavy (non-hydrogen) atoms. The predicted octanol–water partition coefficient (Wildman–Crippen LogP) is 3.29. The van der Waals surface area contributed by atoms with Gasteiger partial charge in [-0.1, -0.05) is 13.0 Å². The maximum Gasteiger partial charge on any atom is 0.123 e. The van der Waals surface area contributed by atoms with Crippen molar-refractivity contribution < 1.29 is 13.9 Å². The van der Waals surface area contributed by atoms with E-state index in [1.807, 2.05) is 37.3 Å². The molecule has 0 atom stereocenters. The van der Waals surface area contributed by atoms with E-state index in [0.29, 0.717) is 6.61 Å². The van der Waals surface area contributed by atoms with Crippen LogP contribution in [-0.2, 0) is 13.2 Å². The Balaban J connectivity index is 1.97. The lowest BCUT2D eigenvalue weighted by molar-refractivity contribution is 0.300. The first-order valence-corrected chi connectivity index (χ1v) is 6.78. The number of hydrogen-bond acceptors (Lipinski definition) is 4. The summed E-state index contributed by atoms with van der Waals surface area (Å²) in [6, 6.07) is 9.63. The Morgan fingerprint density at radius 3 is 2.75 bits per heavy atom. The topological polar surface area (TPSA) is 43.6 Å². The van der Waals surface area contributed by atoms with E-state index in [1.54, 1.807) is 7.11 Å². The molecule has 0 amide bonds. The average molecular weight is 275 g/mol. The first-order valence-electron chi connectivity index (χ1n) is 6.78. The minimum absolute atomic E-state index is 0.495. The third kappa shape index (κ3) is 3.78. The van der Waals surface area contributed by atoms with Crippen LogP contribution in [0, 0.1) is 6.92 Å². The van der Waals surface area contributed by atoms with Crippen LogP contribution in [0.25, 0.3) is 0 Å². The molecule has 4 heteroatoms. The Hall–Kier alpha value is -1.94. The number of furan rings is 1. The summed E-state index contributed by atoms with van der Waals surface area (Å²) in [6.45, 7) is 6.20. The van der Waals surface area contributed by atoms with E-state index in [4.69, 9.17) is 13.9 Å². The van der Waals surface area contributed by atoms with Crippen LogP contribution in [0.1, 0.15) is 24.0 Å². The molecule has 0 radical (unpaired) electrons. The minimum Gasteiger partial charge on any atom is -0.497 e. The third-order valence-corrected chi connectivity index (χ3v) is 3.06. The van der Waals surface area contributed by atoms with E-state index in [0.717, 1.165) is 41.7 Å². The van der Waals surface area contributed by atoms with Crippen molar-refractivity contribution in [1.29, 1.82) is 0 Å². The van der Waals surface area contributed by atoms with Gasteiger partial charge in [0.25, 0.3) is 0 Å².